The Balaban J connectivity index is 2.06. The average Bonchev–Trinajstić information content (AvgIpc) is 2.55. The molecule has 0 saturated heterocycles. The number of aryl methyl sites for hydroxylation is 1. The maximum Gasteiger partial charge on any atom is 0.335 e. The van der Waals surface area contributed by atoms with E-state index in [4.69, 9.17) is 9.47 Å². The van der Waals surface area contributed by atoms with E-state index in [1.165, 1.54) is 6.08 Å². The van der Waals surface area contributed by atoms with Crippen molar-refractivity contribution >= 4 is 11.9 Å². The predicted octanol–water partition coefficient (Wildman–Crippen LogP) is 4.23. The second-order valence-electron chi connectivity index (χ2n) is 6.33. The Bertz CT molecular complexity index is 652. The maximum absolute atomic E-state index is 11.6. The molecular weight excluding hydrogens is 304 g/mol. The molecule has 0 bridgehead atoms. The minimum atomic E-state index is -0.453. The molecule has 1 saturated carbocycles. The van der Waals surface area contributed by atoms with E-state index in [1.54, 1.807) is 6.92 Å². The summed E-state index contributed by atoms with van der Waals surface area (Å²) in [6.45, 7) is 10.7. The summed E-state index contributed by atoms with van der Waals surface area (Å²) in [4.78, 5) is 23.2. The van der Waals surface area contributed by atoms with Crippen LogP contribution in [-0.4, -0.2) is 18.0 Å². The lowest BCUT2D eigenvalue weighted by atomic mass is 9.82. The summed E-state index contributed by atoms with van der Waals surface area (Å²) in [7, 11) is 0. The standard InChI is InChI=1S/C20H24O4/c1-5-19(21)24-18-12-14(4)6-11-17(18)15-7-9-16(10-8-15)23-20(22)13(2)3/h5-6,11-12,15-16H,1-2,7-10H2,3-4H3. The van der Waals surface area contributed by atoms with Crippen molar-refractivity contribution in [1.82, 2.24) is 0 Å². The van der Waals surface area contributed by atoms with Crippen molar-refractivity contribution < 1.29 is 19.1 Å². The molecule has 0 aliphatic heterocycles. The summed E-state index contributed by atoms with van der Waals surface area (Å²) in [5.74, 6) is 0.112. The molecule has 0 heterocycles. The lowest BCUT2D eigenvalue weighted by molar-refractivity contribution is -0.145. The quantitative estimate of drug-likeness (QED) is 0.461. The molecule has 0 atom stereocenters. The Morgan fingerprint density at radius 1 is 1.21 bits per heavy atom. The Morgan fingerprint density at radius 2 is 1.88 bits per heavy atom. The average molecular weight is 328 g/mol. The Kier molecular flexibility index (Phi) is 5.96. The van der Waals surface area contributed by atoms with E-state index in [0.29, 0.717) is 11.3 Å². The predicted molar refractivity (Wildman–Crippen MR) is 92.9 cm³/mol. The molecule has 1 fully saturated rings. The molecule has 1 aromatic rings. The lowest BCUT2D eigenvalue weighted by Gasteiger charge is -2.29. The van der Waals surface area contributed by atoms with Crippen LogP contribution in [0.4, 0.5) is 0 Å². The number of esters is 2. The molecule has 24 heavy (non-hydrogen) atoms. The Hall–Kier alpha value is -2.36. The SMILES string of the molecule is C=CC(=O)Oc1cc(C)ccc1C1CCC(OC(=O)C(=C)C)CC1. The highest BCUT2D eigenvalue weighted by molar-refractivity contribution is 5.87. The normalized spacial score (nSPS) is 20.1. The van der Waals surface area contributed by atoms with Gasteiger partial charge in [-0.15, -0.1) is 0 Å². The van der Waals surface area contributed by atoms with Gasteiger partial charge in [-0.05, 0) is 62.6 Å². The molecule has 4 heteroatoms. The van der Waals surface area contributed by atoms with Gasteiger partial charge >= 0.3 is 11.9 Å². The maximum atomic E-state index is 11.6. The van der Waals surface area contributed by atoms with E-state index in [0.717, 1.165) is 36.8 Å². The minimum Gasteiger partial charge on any atom is -0.459 e. The van der Waals surface area contributed by atoms with Crippen LogP contribution in [0.25, 0.3) is 0 Å². The van der Waals surface area contributed by atoms with Gasteiger partial charge in [0.15, 0.2) is 0 Å². The third-order valence-electron chi connectivity index (χ3n) is 4.28. The van der Waals surface area contributed by atoms with Gasteiger partial charge < -0.3 is 9.47 Å². The van der Waals surface area contributed by atoms with Crippen molar-refractivity contribution in [3.8, 4) is 5.75 Å². The molecule has 0 spiro atoms. The molecule has 0 radical (unpaired) electrons. The zero-order valence-electron chi connectivity index (χ0n) is 14.3. The smallest absolute Gasteiger partial charge is 0.335 e. The van der Waals surface area contributed by atoms with Crippen LogP contribution in [0.5, 0.6) is 5.75 Å². The summed E-state index contributed by atoms with van der Waals surface area (Å²) in [6, 6.07) is 5.92. The van der Waals surface area contributed by atoms with Crippen LogP contribution in [0.15, 0.2) is 43.0 Å². The number of hydrogen-bond acceptors (Lipinski definition) is 4. The molecule has 0 unspecified atom stereocenters. The largest absolute Gasteiger partial charge is 0.459 e. The summed E-state index contributed by atoms with van der Waals surface area (Å²) in [5.41, 5.74) is 2.49. The number of carbonyl (C=O) groups excluding carboxylic acids is 2. The second-order valence-corrected chi connectivity index (χ2v) is 6.33. The van der Waals surface area contributed by atoms with Crippen molar-refractivity contribution in [2.45, 2.75) is 51.6 Å². The van der Waals surface area contributed by atoms with Gasteiger partial charge in [0, 0.05) is 11.6 Å². The zero-order chi connectivity index (χ0) is 17.7. The third kappa shape index (κ3) is 4.57. The summed E-state index contributed by atoms with van der Waals surface area (Å²) in [6.07, 6.45) is 4.47. The lowest BCUT2D eigenvalue weighted by Crippen LogP contribution is -2.24. The highest BCUT2D eigenvalue weighted by Crippen LogP contribution is 2.39. The van der Waals surface area contributed by atoms with Gasteiger partial charge in [0.1, 0.15) is 11.9 Å². The van der Waals surface area contributed by atoms with Crippen LogP contribution < -0.4 is 4.74 Å². The Labute approximate surface area is 143 Å². The van der Waals surface area contributed by atoms with Crippen LogP contribution in [0.3, 0.4) is 0 Å². The zero-order valence-corrected chi connectivity index (χ0v) is 14.3. The number of carbonyl (C=O) groups is 2. The molecule has 0 aromatic heterocycles. The number of hydrogen-bond donors (Lipinski definition) is 0. The van der Waals surface area contributed by atoms with Crippen LogP contribution in [0, 0.1) is 6.92 Å². The summed E-state index contributed by atoms with van der Waals surface area (Å²) >= 11 is 0. The molecule has 0 amide bonds. The highest BCUT2D eigenvalue weighted by atomic mass is 16.5. The Morgan fingerprint density at radius 3 is 2.46 bits per heavy atom. The van der Waals surface area contributed by atoms with Gasteiger partial charge in [-0.2, -0.15) is 0 Å². The van der Waals surface area contributed by atoms with E-state index in [9.17, 15) is 9.59 Å². The van der Waals surface area contributed by atoms with Crippen molar-refractivity contribution in [1.29, 1.82) is 0 Å². The van der Waals surface area contributed by atoms with Crippen molar-refractivity contribution in [2.24, 2.45) is 0 Å². The van der Waals surface area contributed by atoms with Crippen molar-refractivity contribution in [3.63, 3.8) is 0 Å². The van der Waals surface area contributed by atoms with Crippen LogP contribution in [-0.2, 0) is 14.3 Å². The molecule has 4 nitrogen and oxygen atoms in total. The molecule has 1 aliphatic carbocycles. The van der Waals surface area contributed by atoms with E-state index < -0.39 is 5.97 Å². The summed E-state index contributed by atoms with van der Waals surface area (Å²) in [5, 5.41) is 0. The third-order valence-corrected chi connectivity index (χ3v) is 4.28. The molecule has 2 rings (SSSR count). The van der Waals surface area contributed by atoms with Crippen molar-refractivity contribution in [2.75, 3.05) is 0 Å². The first kappa shape index (κ1) is 18.0. The van der Waals surface area contributed by atoms with E-state index in [2.05, 4.69) is 13.2 Å². The number of benzene rings is 1. The van der Waals surface area contributed by atoms with Gasteiger partial charge in [0.25, 0.3) is 0 Å². The first-order valence-electron chi connectivity index (χ1n) is 8.22. The molecule has 0 N–H and O–H groups in total. The van der Waals surface area contributed by atoms with Gasteiger partial charge in [-0.1, -0.05) is 25.3 Å². The number of ether oxygens (including phenoxy) is 2. The fourth-order valence-electron chi connectivity index (χ4n) is 2.96. The molecule has 1 aromatic carbocycles. The highest BCUT2D eigenvalue weighted by Gasteiger charge is 2.27. The van der Waals surface area contributed by atoms with E-state index in [-0.39, 0.29) is 18.0 Å². The first-order valence-corrected chi connectivity index (χ1v) is 8.22. The fourth-order valence-corrected chi connectivity index (χ4v) is 2.96. The van der Waals surface area contributed by atoms with Gasteiger partial charge in [-0.25, -0.2) is 9.59 Å². The van der Waals surface area contributed by atoms with Gasteiger partial charge in [0.05, 0.1) is 0 Å². The van der Waals surface area contributed by atoms with Crippen LogP contribution >= 0.6 is 0 Å². The van der Waals surface area contributed by atoms with Crippen LogP contribution in [0.2, 0.25) is 0 Å². The van der Waals surface area contributed by atoms with Gasteiger partial charge in [-0.3, -0.25) is 0 Å². The monoisotopic (exact) mass is 328 g/mol. The molecule has 1 aliphatic rings. The molecule has 128 valence electrons. The molecular formula is C20H24O4. The number of rotatable bonds is 5. The summed E-state index contributed by atoms with van der Waals surface area (Å²) < 4.78 is 10.8. The topological polar surface area (TPSA) is 52.6 Å². The fraction of sp³-hybridized carbons (Fsp3) is 0.400. The van der Waals surface area contributed by atoms with E-state index >= 15 is 0 Å². The minimum absolute atomic E-state index is 0.0601. The van der Waals surface area contributed by atoms with E-state index in [1.807, 2.05) is 25.1 Å². The van der Waals surface area contributed by atoms with Crippen molar-refractivity contribution in [3.05, 3.63) is 54.1 Å². The second kappa shape index (κ2) is 7.95. The van der Waals surface area contributed by atoms with Crippen LogP contribution in [0.1, 0.15) is 49.7 Å². The van der Waals surface area contributed by atoms with Gasteiger partial charge in [0.2, 0.25) is 0 Å². The first-order chi connectivity index (χ1) is 11.4.